The van der Waals surface area contributed by atoms with Gasteiger partial charge in [-0.25, -0.2) is 0 Å². The van der Waals surface area contributed by atoms with Crippen molar-refractivity contribution in [1.29, 1.82) is 0 Å². The van der Waals surface area contributed by atoms with E-state index in [0.717, 1.165) is 24.8 Å². The lowest BCUT2D eigenvalue weighted by atomic mass is 9.83. The summed E-state index contributed by atoms with van der Waals surface area (Å²) < 4.78 is 11.1. The highest BCUT2D eigenvalue weighted by Gasteiger charge is 2.16. The highest BCUT2D eigenvalue weighted by Crippen LogP contribution is 2.29. The number of nitrogens with one attached hydrogen (secondary N) is 1. The van der Waals surface area contributed by atoms with E-state index < -0.39 is 0 Å². The molecule has 0 radical (unpaired) electrons. The molecule has 0 atom stereocenters. The first kappa shape index (κ1) is 11.7. The van der Waals surface area contributed by atoms with Crippen LogP contribution >= 0.6 is 0 Å². The average molecular weight is 223 g/mol. The summed E-state index contributed by atoms with van der Waals surface area (Å²) in [6.45, 7) is 2.34. The highest BCUT2D eigenvalue weighted by atomic mass is 16.5. The maximum absolute atomic E-state index is 5.68. The molecule has 0 spiro atoms. The van der Waals surface area contributed by atoms with Crippen molar-refractivity contribution in [2.75, 3.05) is 13.7 Å². The van der Waals surface area contributed by atoms with Gasteiger partial charge in [-0.1, -0.05) is 19.3 Å². The minimum atomic E-state index is 0.681. The second-order valence-corrected chi connectivity index (χ2v) is 4.54. The molecule has 1 saturated carbocycles. The van der Waals surface area contributed by atoms with Gasteiger partial charge in [-0.2, -0.15) is 0 Å². The van der Waals surface area contributed by atoms with Crippen LogP contribution in [-0.2, 0) is 17.9 Å². The lowest BCUT2D eigenvalue weighted by molar-refractivity contribution is 0.0940. The van der Waals surface area contributed by atoms with E-state index in [1.54, 1.807) is 6.26 Å². The van der Waals surface area contributed by atoms with Crippen LogP contribution in [0.15, 0.2) is 16.7 Å². The first-order chi connectivity index (χ1) is 7.90. The molecule has 1 N–H and O–H groups in total. The number of rotatable bonds is 7. The lowest BCUT2D eigenvalue weighted by Crippen LogP contribution is -2.13. The van der Waals surface area contributed by atoms with Crippen molar-refractivity contribution in [3.63, 3.8) is 0 Å². The molecule has 1 fully saturated rings. The first-order valence-electron chi connectivity index (χ1n) is 6.17. The number of ether oxygens (including phenoxy) is 1. The van der Waals surface area contributed by atoms with Crippen LogP contribution in [0.4, 0.5) is 0 Å². The van der Waals surface area contributed by atoms with E-state index >= 15 is 0 Å². The summed E-state index contributed by atoms with van der Waals surface area (Å²) in [5.41, 5.74) is 1.17. The molecule has 0 saturated heterocycles. The van der Waals surface area contributed by atoms with Crippen molar-refractivity contribution in [3.05, 3.63) is 23.7 Å². The number of hydrogen-bond donors (Lipinski definition) is 1. The molecule has 3 nitrogen and oxygen atoms in total. The molecular formula is C13H21NO2. The van der Waals surface area contributed by atoms with E-state index in [4.69, 9.17) is 9.15 Å². The van der Waals surface area contributed by atoms with Gasteiger partial charge < -0.3 is 14.5 Å². The van der Waals surface area contributed by atoms with Crippen molar-refractivity contribution >= 4 is 0 Å². The third-order valence-electron chi connectivity index (χ3n) is 3.33. The minimum absolute atomic E-state index is 0.681. The van der Waals surface area contributed by atoms with Gasteiger partial charge in [0.05, 0.1) is 19.4 Å². The van der Waals surface area contributed by atoms with Crippen LogP contribution in [0.25, 0.3) is 0 Å². The molecule has 0 aromatic carbocycles. The molecule has 1 aliphatic carbocycles. The van der Waals surface area contributed by atoms with Gasteiger partial charge in [0.1, 0.15) is 5.76 Å². The fourth-order valence-corrected chi connectivity index (χ4v) is 2.02. The van der Waals surface area contributed by atoms with Gasteiger partial charge in [0.2, 0.25) is 0 Å². The van der Waals surface area contributed by atoms with Crippen LogP contribution in [-0.4, -0.2) is 13.7 Å². The van der Waals surface area contributed by atoms with Gasteiger partial charge in [-0.3, -0.25) is 0 Å². The maximum atomic E-state index is 5.68. The summed E-state index contributed by atoms with van der Waals surface area (Å²) in [4.78, 5) is 0. The quantitative estimate of drug-likeness (QED) is 0.722. The van der Waals surface area contributed by atoms with Crippen molar-refractivity contribution in [1.82, 2.24) is 5.32 Å². The van der Waals surface area contributed by atoms with Crippen LogP contribution in [0.3, 0.4) is 0 Å². The fraction of sp³-hybridized carbons (Fsp3) is 0.692. The monoisotopic (exact) mass is 223 g/mol. The standard InChI is InChI=1S/C13H21NO2/c1-14-9-13-12(6-8-16-13)10-15-7-5-11-3-2-4-11/h6,8,11,14H,2-5,7,9-10H2,1H3. The predicted octanol–water partition coefficient (Wildman–Crippen LogP) is 2.71. The Hall–Kier alpha value is -0.800. The highest BCUT2D eigenvalue weighted by molar-refractivity contribution is 5.15. The Morgan fingerprint density at radius 2 is 2.38 bits per heavy atom. The Labute approximate surface area is 97.2 Å². The van der Waals surface area contributed by atoms with E-state index in [1.165, 1.54) is 31.2 Å². The molecule has 3 heteroatoms. The summed E-state index contributed by atoms with van der Waals surface area (Å²) in [6, 6.07) is 2.00. The van der Waals surface area contributed by atoms with Gasteiger partial charge >= 0.3 is 0 Å². The lowest BCUT2D eigenvalue weighted by Gasteiger charge is -2.24. The number of hydrogen-bond acceptors (Lipinski definition) is 3. The molecule has 0 unspecified atom stereocenters. The van der Waals surface area contributed by atoms with Gasteiger partial charge in [0.15, 0.2) is 0 Å². The fourth-order valence-electron chi connectivity index (χ4n) is 2.02. The molecule has 1 aromatic rings. The zero-order valence-electron chi connectivity index (χ0n) is 10.00. The molecule has 1 aliphatic rings. The van der Waals surface area contributed by atoms with Gasteiger partial charge in [0, 0.05) is 12.2 Å². The summed E-state index contributed by atoms with van der Waals surface area (Å²) in [5, 5.41) is 3.09. The van der Waals surface area contributed by atoms with E-state index in [0.29, 0.717) is 6.61 Å². The van der Waals surface area contributed by atoms with E-state index in [1.807, 2.05) is 13.1 Å². The van der Waals surface area contributed by atoms with Crippen molar-refractivity contribution in [2.24, 2.45) is 5.92 Å². The largest absolute Gasteiger partial charge is 0.468 e. The third kappa shape index (κ3) is 3.09. The molecule has 1 heterocycles. The summed E-state index contributed by atoms with van der Waals surface area (Å²) in [6.07, 6.45) is 7.18. The Bertz CT molecular complexity index is 305. The van der Waals surface area contributed by atoms with Gasteiger partial charge in [-0.05, 0) is 25.5 Å². The third-order valence-corrected chi connectivity index (χ3v) is 3.33. The van der Waals surface area contributed by atoms with Crippen LogP contribution in [0.2, 0.25) is 0 Å². The molecule has 2 rings (SSSR count). The molecule has 90 valence electrons. The normalized spacial score (nSPS) is 16.3. The Morgan fingerprint density at radius 3 is 3.06 bits per heavy atom. The summed E-state index contributed by atoms with van der Waals surface area (Å²) >= 11 is 0. The van der Waals surface area contributed by atoms with Crippen LogP contribution in [0, 0.1) is 5.92 Å². The van der Waals surface area contributed by atoms with Crippen molar-refractivity contribution < 1.29 is 9.15 Å². The second kappa shape index (κ2) is 6.06. The van der Waals surface area contributed by atoms with Gasteiger partial charge in [-0.15, -0.1) is 0 Å². The Kier molecular flexibility index (Phi) is 4.43. The molecule has 0 bridgehead atoms. The van der Waals surface area contributed by atoms with Crippen LogP contribution < -0.4 is 5.32 Å². The minimum Gasteiger partial charge on any atom is -0.468 e. The average Bonchev–Trinajstić information content (AvgIpc) is 2.63. The molecular weight excluding hydrogens is 202 g/mol. The predicted molar refractivity (Wildman–Crippen MR) is 63.1 cm³/mol. The molecule has 16 heavy (non-hydrogen) atoms. The topological polar surface area (TPSA) is 34.4 Å². The first-order valence-corrected chi connectivity index (χ1v) is 6.17. The molecule has 0 aliphatic heterocycles. The Morgan fingerprint density at radius 1 is 1.50 bits per heavy atom. The number of furan rings is 1. The van der Waals surface area contributed by atoms with Crippen LogP contribution in [0.1, 0.15) is 37.0 Å². The zero-order chi connectivity index (χ0) is 11.2. The molecule has 1 aromatic heterocycles. The van der Waals surface area contributed by atoms with Gasteiger partial charge in [0.25, 0.3) is 0 Å². The summed E-state index contributed by atoms with van der Waals surface area (Å²) in [7, 11) is 1.92. The smallest absolute Gasteiger partial charge is 0.123 e. The summed E-state index contributed by atoms with van der Waals surface area (Å²) in [5.74, 6) is 1.92. The van der Waals surface area contributed by atoms with E-state index in [-0.39, 0.29) is 0 Å². The SMILES string of the molecule is CNCc1occc1COCCC1CCC1. The Balaban J connectivity index is 1.65. The molecule has 0 amide bonds. The van der Waals surface area contributed by atoms with Crippen molar-refractivity contribution in [3.8, 4) is 0 Å². The zero-order valence-corrected chi connectivity index (χ0v) is 10.00. The second-order valence-electron chi connectivity index (χ2n) is 4.54. The van der Waals surface area contributed by atoms with Crippen molar-refractivity contribution in [2.45, 2.75) is 38.8 Å². The van der Waals surface area contributed by atoms with Crippen LogP contribution in [0.5, 0.6) is 0 Å². The van der Waals surface area contributed by atoms with E-state index in [9.17, 15) is 0 Å². The van der Waals surface area contributed by atoms with E-state index in [2.05, 4.69) is 5.32 Å². The maximum Gasteiger partial charge on any atom is 0.123 e.